The van der Waals surface area contributed by atoms with Crippen LogP contribution in [0.5, 0.6) is 0 Å². The summed E-state index contributed by atoms with van der Waals surface area (Å²) in [6.45, 7) is 2.82. The van der Waals surface area contributed by atoms with Gasteiger partial charge in [0.25, 0.3) is 0 Å². The number of hydrogen-bond donors (Lipinski definition) is 2. The number of nitrogens with one attached hydrogen (secondary N) is 1. The Hall–Kier alpha value is -0.650. The molecule has 1 heterocycles. The zero-order valence-corrected chi connectivity index (χ0v) is 9.54. The molecule has 2 aliphatic rings. The minimum atomic E-state index is -0.823. The van der Waals surface area contributed by atoms with E-state index in [4.69, 9.17) is 15.2 Å². The lowest BCUT2D eigenvalue weighted by Crippen LogP contribution is -2.55. The van der Waals surface area contributed by atoms with Gasteiger partial charge in [-0.15, -0.1) is 0 Å². The second kappa shape index (κ2) is 5.12. The fraction of sp³-hybridized carbons (Fsp3) is 0.909. The lowest BCUT2D eigenvalue weighted by molar-refractivity contribution is -0.126. The number of hydrogen-bond acceptors (Lipinski definition) is 4. The van der Waals surface area contributed by atoms with Gasteiger partial charge < -0.3 is 20.5 Å². The van der Waals surface area contributed by atoms with Gasteiger partial charge in [0.05, 0.1) is 13.2 Å². The van der Waals surface area contributed by atoms with E-state index in [1.165, 1.54) is 12.8 Å². The van der Waals surface area contributed by atoms with Crippen LogP contribution in [0.2, 0.25) is 0 Å². The van der Waals surface area contributed by atoms with Gasteiger partial charge in [0.2, 0.25) is 5.91 Å². The molecule has 3 N–H and O–H groups in total. The second-order valence-corrected chi connectivity index (χ2v) is 4.73. The first-order valence-corrected chi connectivity index (χ1v) is 5.93. The Morgan fingerprint density at radius 3 is 3.00 bits per heavy atom. The zero-order chi connectivity index (χ0) is 11.4. The first kappa shape index (κ1) is 11.8. The van der Waals surface area contributed by atoms with Crippen molar-refractivity contribution in [2.45, 2.75) is 24.8 Å². The fourth-order valence-electron chi connectivity index (χ4n) is 1.71. The van der Waals surface area contributed by atoms with Crippen LogP contribution in [0.15, 0.2) is 0 Å². The molecule has 92 valence electrons. The van der Waals surface area contributed by atoms with Crippen LogP contribution in [-0.2, 0) is 14.3 Å². The van der Waals surface area contributed by atoms with Crippen molar-refractivity contribution in [1.82, 2.24) is 5.32 Å². The van der Waals surface area contributed by atoms with Crippen molar-refractivity contribution in [3.63, 3.8) is 0 Å². The lowest BCUT2D eigenvalue weighted by Gasteiger charge is -2.20. The number of rotatable bonds is 6. The quantitative estimate of drug-likeness (QED) is 0.609. The topological polar surface area (TPSA) is 73.6 Å². The summed E-state index contributed by atoms with van der Waals surface area (Å²) in [5.74, 6) is 0.639. The van der Waals surface area contributed by atoms with Crippen molar-refractivity contribution in [2.75, 3.05) is 33.0 Å². The van der Waals surface area contributed by atoms with Gasteiger partial charge in [0.1, 0.15) is 5.54 Å². The Kier molecular flexibility index (Phi) is 3.78. The number of carbonyl (C=O) groups excluding carboxylic acids is 1. The summed E-state index contributed by atoms with van der Waals surface area (Å²) < 4.78 is 10.5. The van der Waals surface area contributed by atoms with Crippen molar-refractivity contribution in [1.29, 1.82) is 0 Å². The molecular formula is C11H20N2O3. The molecular weight excluding hydrogens is 208 g/mol. The van der Waals surface area contributed by atoms with Crippen LogP contribution in [0.4, 0.5) is 0 Å². The van der Waals surface area contributed by atoms with Crippen molar-refractivity contribution < 1.29 is 14.3 Å². The van der Waals surface area contributed by atoms with Crippen molar-refractivity contribution in [2.24, 2.45) is 11.7 Å². The molecule has 1 aliphatic carbocycles. The van der Waals surface area contributed by atoms with E-state index in [1.54, 1.807) is 0 Å². The highest BCUT2D eigenvalue weighted by Gasteiger charge is 2.37. The predicted octanol–water partition coefficient (Wildman–Crippen LogP) is -0.353. The van der Waals surface area contributed by atoms with Crippen LogP contribution in [-0.4, -0.2) is 44.4 Å². The van der Waals surface area contributed by atoms with Gasteiger partial charge in [-0.1, -0.05) is 0 Å². The van der Waals surface area contributed by atoms with E-state index in [2.05, 4.69) is 5.32 Å². The fourth-order valence-corrected chi connectivity index (χ4v) is 1.71. The molecule has 0 aromatic carbocycles. The van der Waals surface area contributed by atoms with Gasteiger partial charge in [-0.2, -0.15) is 0 Å². The van der Waals surface area contributed by atoms with E-state index in [0.717, 1.165) is 12.5 Å². The maximum absolute atomic E-state index is 11.7. The molecule has 1 unspecified atom stereocenters. The summed E-state index contributed by atoms with van der Waals surface area (Å²) in [6.07, 6.45) is 3.17. The minimum absolute atomic E-state index is 0.125. The van der Waals surface area contributed by atoms with E-state index in [0.29, 0.717) is 32.8 Å². The number of carbonyl (C=O) groups is 1. The van der Waals surface area contributed by atoms with Crippen molar-refractivity contribution >= 4 is 5.91 Å². The van der Waals surface area contributed by atoms with Crippen LogP contribution < -0.4 is 11.1 Å². The second-order valence-electron chi connectivity index (χ2n) is 4.73. The number of amides is 1. The largest absolute Gasteiger partial charge is 0.379 e. The molecule has 16 heavy (non-hydrogen) atoms. The lowest BCUT2D eigenvalue weighted by atomic mass is 9.99. The maximum Gasteiger partial charge on any atom is 0.242 e. The SMILES string of the molecule is NC1(C(=O)NCCOCC2CC2)CCOC1. The molecule has 0 aromatic heterocycles. The Morgan fingerprint density at radius 1 is 1.56 bits per heavy atom. The van der Waals surface area contributed by atoms with Crippen LogP contribution in [0.25, 0.3) is 0 Å². The first-order valence-electron chi connectivity index (χ1n) is 5.93. The van der Waals surface area contributed by atoms with Gasteiger partial charge in [0, 0.05) is 19.8 Å². The Labute approximate surface area is 95.7 Å². The average molecular weight is 228 g/mol. The Morgan fingerprint density at radius 2 is 2.38 bits per heavy atom. The van der Waals surface area contributed by atoms with Crippen LogP contribution in [0, 0.1) is 5.92 Å². The molecule has 2 fully saturated rings. The summed E-state index contributed by atoms with van der Waals surface area (Å²) in [4.78, 5) is 11.7. The van der Waals surface area contributed by atoms with Gasteiger partial charge >= 0.3 is 0 Å². The Bertz CT molecular complexity index is 248. The Balaban J connectivity index is 1.55. The van der Waals surface area contributed by atoms with Crippen molar-refractivity contribution in [3.8, 4) is 0 Å². The predicted molar refractivity (Wildman–Crippen MR) is 58.9 cm³/mol. The summed E-state index contributed by atoms with van der Waals surface area (Å²) in [6, 6.07) is 0. The third kappa shape index (κ3) is 3.17. The molecule has 2 rings (SSSR count). The third-order valence-electron chi connectivity index (χ3n) is 3.09. The van der Waals surface area contributed by atoms with Crippen LogP contribution in [0.1, 0.15) is 19.3 Å². The minimum Gasteiger partial charge on any atom is -0.379 e. The van der Waals surface area contributed by atoms with Gasteiger partial charge in [-0.05, 0) is 25.2 Å². The molecule has 0 bridgehead atoms. The van der Waals surface area contributed by atoms with E-state index < -0.39 is 5.54 Å². The summed E-state index contributed by atoms with van der Waals surface area (Å²) in [5, 5.41) is 2.79. The highest BCUT2D eigenvalue weighted by molar-refractivity contribution is 5.86. The summed E-state index contributed by atoms with van der Waals surface area (Å²) in [7, 11) is 0. The molecule has 5 heteroatoms. The first-order chi connectivity index (χ1) is 7.71. The molecule has 0 aromatic rings. The molecule has 0 radical (unpaired) electrons. The maximum atomic E-state index is 11.7. The van der Waals surface area contributed by atoms with Gasteiger partial charge in [-0.3, -0.25) is 4.79 Å². The molecule has 0 spiro atoms. The third-order valence-corrected chi connectivity index (χ3v) is 3.09. The molecule has 1 atom stereocenters. The summed E-state index contributed by atoms with van der Waals surface area (Å²) >= 11 is 0. The molecule has 1 aliphatic heterocycles. The molecule has 1 saturated carbocycles. The van der Waals surface area contributed by atoms with Crippen LogP contribution >= 0.6 is 0 Å². The van der Waals surface area contributed by atoms with E-state index >= 15 is 0 Å². The normalized spacial score (nSPS) is 29.3. The molecule has 1 amide bonds. The highest BCUT2D eigenvalue weighted by atomic mass is 16.5. The highest BCUT2D eigenvalue weighted by Crippen LogP contribution is 2.28. The average Bonchev–Trinajstić information content (AvgIpc) is 2.99. The smallest absolute Gasteiger partial charge is 0.242 e. The van der Waals surface area contributed by atoms with E-state index in [-0.39, 0.29) is 5.91 Å². The van der Waals surface area contributed by atoms with Gasteiger partial charge in [-0.25, -0.2) is 0 Å². The summed E-state index contributed by atoms with van der Waals surface area (Å²) in [5.41, 5.74) is 5.07. The zero-order valence-electron chi connectivity index (χ0n) is 9.54. The molecule has 1 saturated heterocycles. The number of nitrogens with two attached hydrogens (primary N) is 1. The monoisotopic (exact) mass is 228 g/mol. The van der Waals surface area contributed by atoms with Gasteiger partial charge in [0.15, 0.2) is 0 Å². The number of ether oxygens (including phenoxy) is 2. The van der Waals surface area contributed by atoms with Crippen LogP contribution in [0.3, 0.4) is 0 Å². The van der Waals surface area contributed by atoms with E-state index in [9.17, 15) is 4.79 Å². The molecule has 5 nitrogen and oxygen atoms in total. The standard InChI is InChI=1S/C11H20N2O3/c12-11(3-5-16-8-11)10(14)13-4-6-15-7-9-1-2-9/h9H,1-8,12H2,(H,13,14). The van der Waals surface area contributed by atoms with Crippen molar-refractivity contribution in [3.05, 3.63) is 0 Å². The van der Waals surface area contributed by atoms with E-state index in [1.807, 2.05) is 0 Å².